The normalized spacial score (nSPS) is 21.5. The molecule has 0 bridgehead atoms. The van der Waals surface area contributed by atoms with E-state index in [4.69, 9.17) is 4.74 Å². The van der Waals surface area contributed by atoms with Crippen molar-refractivity contribution >= 4 is 5.91 Å². The average molecular weight is 313 g/mol. The van der Waals surface area contributed by atoms with E-state index in [1.165, 1.54) is 11.1 Å². The molecule has 2 atom stereocenters. The predicted molar refractivity (Wildman–Crippen MR) is 88.4 cm³/mol. The van der Waals surface area contributed by atoms with Crippen molar-refractivity contribution in [3.63, 3.8) is 0 Å². The molecule has 0 unspecified atom stereocenters. The second kappa shape index (κ2) is 6.16. The van der Waals surface area contributed by atoms with E-state index in [9.17, 15) is 4.79 Å². The minimum Gasteiger partial charge on any atom is -0.370 e. The molecule has 2 heterocycles. The van der Waals surface area contributed by atoms with Gasteiger partial charge in [-0.2, -0.15) is 5.10 Å². The number of H-pyrrole nitrogens is 1. The maximum atomic E-state index is 12.7. The Labute approximate surface area is 136 Å². The molecule has 1 aliphatic heterocycles. The van der Waals surface area contributed by atoms with Gasteiger partial charge in [0.25, 0.3) is 5.91 Å². The Bertz CT molecular complexity index is 723. The fraction of sp³-hybridized carbons (Fsp3) is 0.444. The van der Waals surface area contributed by atoms with Gasteiger partial charge in [0.1, 0.15) is 11.8 Å². The first-order valence-electron chi connectivity index (χ1n) is 7.97. The Hall–Kier alpha value is -2.14. The Morgan fingerprint density at radius 2 is 2.09 bits per heavy atom. The molecule has 2 aromatic rings. The van der Waals surface area contributed by atoms with Crippen molar-refractivity contribution in [1.82, 2.24) is 15.1 Å². The molecule has 1 fully saturated rings. The number of benzene rings is 1. The molecule has 1 N–H and O–H groups in total. The van der Waals surface area contributed by atoms with E-state index in [0.717, 1.165) is 11.3 Å². The second-order valence-corrected chi connectivity index (χ2v) is 6.42. The van der Waals surface area contributed by atoms with Crippen molar-refractivity contribution in [2.75, 3.05) is 13.2 Å². The molecule has 122 valence electrons. The van der Waals surface area contributed by atoms with Crippen LogP contribution in [0, 0.1) is 20.8 Å². The molecular weight excluding hydrogens is 290 g/mol. The first-order valence-corrected chi connectivity index (χ1v) is 7.97. The average Bonchev–Trinajstić information content (AvgIpc) is 2.96. The van der Waals surface area contributed by atoms with Crippen LogP contribution in [0.25, 0.3) is 0 Å². The summed E-state index contributed by atoms with van der Waals surface area (Å²) >= 11 is 0. The summed E-state index contributed by atoms with van der Waals surface area (Å²) in [5, 5.41) is 6.93. The minimum absolute atomic E-state index is 0.0412. The smallest absolute Gasteiger partial charge is 0.274 e. The molecule has 0 radical (unpaired) electrons. The molecule has 0 saturated carbocycles. The number of morpholine rings is 1. The topological polar surface area (TPSA) is 58.2 Å². The lowest BCUT2D eigenvalue weighted by atomic mass is 9.98. The van der Waals surface area contributed by atoms with E-state index in [2.05, 4.69) is 42.2 Å². The Kier molecular flexibility index (Phi) is 4.22. The number of aryl methyl sites for hydroxylation is 3. The summed E-state index contributed by atoms with van der Waals surface area (Å²) in [5.41, 5.74) is 4.91. The highest BCUT2D eigenvalue weighted by Crippen LogP contribution is 2.28. The lowest BCUT2D eigenvalue weighted by Gasteiger charge is -2.38. The van der Waals surface area contributed by atoms with Crippen molar-refractivity contribution in [3.8, 4) is 0 Å². The SMILES string of the molecule is Cc1ccc(C)c([C@H]2CN(C(=O)c3cc(C)[nH]n3)[C@H](C)CO2)c1. The van der Waals surface area contributed by atoms with Gasteiger partial charge in [0.05, 0.1) is 19.2 Å². The highest BCUT2D eigenvalue weighted by molar-refractivity contribution is 5.92. The summed E-state index contributed by atoms with van der Waals surface area (Å²) in [4.78, 5) is 14.6. The van der Waals surface area contributed by atoms with Gasteiger partial charge in [-0.1, -0.05) is 23.8 Å². The maximum absolute atomic E-state index is 12.7. The number of aromatic nitrogens is 2. The van der Waals surface area contributed by atoms with Crippen molar-refractivity contribution in [3.05, 3.63) is 52.3 Å². The number of hydrogen-bond donors (Lipinski definition) is 1. The molecule has 1 amide bonds. The van der Waals surface area contributed by atoms with Gasteiger partial charge in [0.2, 0.25) is 0 Å². The lowest BCUT2D eigenvalue weighted by Crippen LogP contribution is -2.48. The molecule has 1 aromatic carbocycles. The van der Waals surface area contributed by atoms with E-state index in [0.29, 0.717) is 18.8 Å². The third kappa shape index (κ3) is 3.15. The van der Waals surface area contributed by atoms with Crippen LogP contribution in [0.4, 0.5) is 0 Å². The van der Waals surface area contributed by atoms with Crippen molar-refractivity contribution < 1.29 is 9.53 Å². The summed E-state index contributed by atoms with van der Waals surface area (Å²) in [6.45, 7) is 9.15. The van der Waals surface area contributed by atoms with Gasteiger partial charge in [-0.05, 0) is 44.9 Å². The highest BCUT2D eigenvalue weighted by Gasteiger charge is 2.32. The van der Waals surface area contributed by atoms with E-state index in [1.54, 1.807) is 6.07 Å². The molecule has 23 heavy (non-hydrogen) atoms. The van der Waals surface area contributed by atoms with E-state index in [1.807, 2.05) is 18.7 Å². The van der Waals surface area contributed by atoms with Gasteiger partial charge in [-0.25, -0.2) is 0 Å². The molecule has 3 rings (SSSR count). The third-order valence-corrected chi connectivity index (χ3v) is 4.40. The van der Waals surface area contributed by atoms with Gasteiger partial charge in [-0.3, -0.25) is 9.89 Å². The zero-order valence-electron chi connectivity index (χ0n) is 14.1. The predicted octanol–water partition coefficient (Wildman–Crippen LogP) is 2.94. The monoisotopic (exact) mass is 313 g/mol. The Morgan fingerprint density at radius 3 is 2.78 bits per heavy atom. The third-order valence-electron chi connectivity index (χ3n) is 4.40. The molecule has 5 nitrogen and oxygen atoms in total. The fourth-order valence-electron chi connectivity index (χ4n) is 3.01. The van der Waals surface area contributed by atoms with Crippen LogP contribution in [-0.4, -0.2) is 40.2 Å². The van der Waals surface area contributed by atoms with E-state index in [-0.39, 0.29) is 18.1 Å². The number of amides is 1. The summed E-state index contributed by atoms with van der Waals surface area (Å²) in [5.74, 6) is -0.0412. The molecule has 0 spiro atoms. The zero-order chi connectivity index (χ0) is 16.6. The first kappa shape index (κ1) is 15.7. The molecule has 1 aliphatic rings. The van der Waals surface area contributed by atoms with Gasteiger partial charge in [0.15, 0.2) is 0 Å². The maximum Gasteiger partial charge on any atom is 0.274 e. The summed E-state index contributed by atoms with van der Waals surface area (Å²) in [6.07, 6.45) is -0.0879. The standard InChI is InChI=1S/C18H23N3O2/c1-11-5-6-12(2)15(7-11)17-9-21(14(4)10-23-17)18(22)16-8-13(3)19-20-16/h5-8,14,17H,9-10H2,1-4H3,(H,19,20)/t14-,17-/m1/s1. The van der Waals surface area contributed by atoms with Crippen LogP contribution in [0.3, 0.4) is 0 Å². The number of rotatable bonds is 2. The van der Waals surface area contributed by atoms with Crippen molar-refractivity contribution in [2.45, 2.75) is 39.8 Å². The number of hydrogen-bond acceptors (Lipinski definition) is 3. The highest BCUT2D eigenvalue weighted by atomic mass is 16.5. The second-order valence-electron chi connectivity index (χ2n) is 6.42. The molecule has 1 saturated heterocycles. The number of nitrogens with one attached hydrogen (secondary N) is 1. The Balaban J connectivity index is 1.84. The largest absolute Gasteiger partial charge is 0.370 e. The van der Waals surface area contributed by atoms with Crippen LogP contribution in [0.1, 0.15) is 45.9 Å². The first-order chi connectivity index (χ1) is 11.0. The van der Waals surface area contributed by atoms with Crippen molar-refractivity contribution in [1.29, 1.82) is 0 Å². The Morgan fingerprint density at radius 1 is 1.30 bits per heavy atom. The van der Waals surface area contributed by atoms with Gasteiger partial charge in [0, 0.05) is 5.69 Å². The fourth-order valence-corrected chi connectivity index (χ4v) is 3.01. The zero-order valence-corrected chi connectivity index (χ0v) is 14.1. The van der Waals surface area contributed by atoms with Gasteiger partial charge >= 0.3 is 0 Å². The van der Waals surface area contributed by atoms with E-state index >= 15 is 0 Å². The van der Waals surface area contributed by atoms with Gasteiger partial charge < -0.3 is 9.64 Å². The molecule has 0 aliphatic carbocycles. The summed E-state index contributed by atoms with van der Waals surface area (Å²) < 4.78 is 6.01. The number of carbonyl (C=O) groups is 1. The van der Waals surface area contributed by atoms with E-state index < -0.39 is 0 Å². The van der Waals surface area contributed by atoms with Crippen LogP contribution in [-0.2, 0) is 4.74 Å². The number of nitrogens with zero attached hydrogens (tertiary/aromatic N) is 2. The molecule has 1 aromatic heterocycles. The molecular formula is C18H23N3O2. The summed E-state index contributed by atoms with van der Waals surface area (Å²) in [7, 11) is 0. The van der Waals surface area contributed by atoms with Gasteiger partial charge in [-0.15, -0.1) is 0 Å². The van der Waals surface area contributed by atoms with Crippen LogP contribution in [0.2, 0.25) is 0 Å². The van der Waals surface area contributed by atoms with Crippen LogP contribution in [0.5, 0.6) is 0 Å². The van der Waals surface area contributed by atoms with Crippen molar-refractivity contribution in [2.24, 2.45) is 0 Å². The minimum atomic E-state index is -0.0879. The lowest BCUT2D eigenvalue weighted by molar-refractivity contribution is -0.0491. The number of aromatic amines is 1. The van der Waals surface area contributed by atoms with Crippen LogP contribution >= 0.6 is 0 Å². The number of ether oxygens (including phenoxy) is 1. The summed E-state index contributed by atoms with van der Waals surface area (Å²) in [6, 6.07) is 8.19. The van der Waals surface area contributed by atoms with Crippen LogP contribution < -0.4 is 0 Å². The quantitative estimate of drug-likeness (QED) is 0.927. The van der Waals surface area contributed by atoms with Crippen LogP contribution in [0.15, 0.2) is 24.3 Å². The molecule has 5 heteroatoms. The number of carbonyl (C=O) groups excluding carboxylic acids is 1.